The summed E-state index contributed by atoms with van der Waals surface area (Å²) in [6.07, 6.45) is 2.01. The summed E-state index contributed by atoms with van der Waals surface area (Å²) >= 11 is 0. The maximum atomic E-state index is 12.2. The van der Waals surface area contributed by atoms with Gasteiger partial charge in [0.1, 0.15) is 5.75 Å². The quantitative estimate of drug-likeness (QED) is 0.593. The van der Waals surface area contributed by atoms with Crippen LogP contribution in [0, 0.1) is 0 Å². The van der Waals surface area contributed by atoms with Gasteiger partial charge in [0.25, 0.3) is 0 Å². The normalized spacial score (nSPS) is 11.9. The molecule has 0 fully saturated rings. The van der Waals surface area contributed by atoms with Crippen molar-refractivity contribution in [2.24, 2.45) is 0 Å². The number of rotatable bonds is 7. The lowest BCUT2D eigenvalue weighted by Gasteiger charge is -2.10. The Morgan fingerprint density at radius 2 is 1.92 bits per heavy atom. The fourth-order valence-electron chi connectivity index (χ4n) is 2.05. The third-order valence-electron chi connectivity index (χ3n) is 3.41. The SMILES string of the molecule is COc1cc(C(=O)/C=C\c2cccc(O[C@H](C)C(=O)O)c2)ccc1O. The molecular formula is C19H18O6. The summed E-state index contributed by atoms with van der Waals surface area (Å²) in [5, 5.41) is 18.4. The highest BCUT2D eigenvalue weighted by molar-refractivity contribution is 6.07. The van der Waals surface area contributed by atoms with Gasteiger partial charge in [0.2, 0.25) is 0 Å². The fourth-order valence-corrected chi connectivity index (χ4v) is 2.05. The number of aliphatic carboxylic acids is 1. The Labute approximate surface area is 144 Å². The van der Waals surface area contributed by atoms with Crippen molar-refractivity contribution in [3.8, 4) is 17.2 Å². The van der Waals surface area contributed by atoms with Gasteiger partial charge in [-0.25, -0.2) is 4.79 Å². The van der Waals surface area contributed by atoms with Gasteiger partial charge in [-0.3, -0.25) is 4.79 Å². The number of allylic oxidation sites excluding steroid dienone is 1. The zero-order chi connectivity index (χ0) is 18.4. The van der Waals surface area contributed by atoms with Crippen molar-refractivity contribution in [3.05, 3.63) is 59.7 Å². The molecule has 6 heteroatoms. The second-order valence-corrected chi connectivity index (χ2v) is 5.26. The molecule has 0 amide bonds. The van der Waals surface area contributed by atoms with Gasteiger partial charge in [-0.2, -0.15) is 0 Å². The first-order valence-electron chi connectivity index (χ1n) is 7.49. The lowest BCUT2D eigenvalue weighted by atomic mass is 10.1. The number of ether oxygens (including phenoxy) is 2. The summed E-state index contributed by atoms with van der Waals surface area (Å²) < 4.78 is 10.3. The molecule has 0 radical (unpaired) electrons. The highest BCUT2D eigenvalue weighted by Gasteiger charge is 2.12. The summed E-state index contributed by atoms with van der Waals surface area (Å²) in [5.41, 5.74) is 1.06. The Bertz CT molecular complexity index is 809. The summed E-state index contributed by atoms with van der Waals surface area (Å²) in [4.78, 5) is 23.0. The minimum atomic E-state index is -1.06. The molecule has 0 aromatic heterocycles. The van der Waals surface area contributed by atoms with Crippen LogP contribution in [0.1, 0.15) is 22.8 Å². The van der Waals surface area contributed by atoms with E-state index in [0.29, 0.717) is 16.9 Å². The number of ketones is 1. The number of benzene rings is 2. The second kappa shape index (κ2) is 8.01. The van der Waals surface area contributed by atoms with Gasteiger partial charge < -0.3 is 19.7 Å². The number of hydrogen-bond acceptors (Lipinski definition) is 5. The second-order valence-electron chi connectivity index (χ2n) is 5.26. The summed E-state index contributed by atoms with van der Waals surface area (Å²) in [6.45, 7) is 1.44. The molecule has 0 bridgehead atoms. The van der Waals surface area contributed by atoms with E-state index in [0.717, 1.165) is 0 Å². The van der Waals surface area contributed by atoms with E-state index in [1.54, 1.807) is 30.3 Å². The third-order valence-corrected chi connectivity index (χ3v) is 3.41. The molecule has 130 valence electrons. The molecule has 0 saturated heterocycles. The first-order valence-corrected chi connectivity index (χ1v) is 7.49. The lowest BCUT2D eigenvalue weighted by molar-refractivity contribution is -0.144. The Kier molecular flexibility index (Phi) is 5.79. The van der Waals surface area contributed by atoms with Gasteiger partial charge in [0, 0.05) is 5.56 Å². The Morgan fingerprint density at radius 3 is 2.60 bits per heavy atom. The van der Waals surface area contributed by atoms with Crippen LogP contribution in [0.4, 0.5) is 0 Å². The van der Waals surface area contributed by atoms with Crippen LogP contribution in [0.5, 0.6) is 17.2 Å². The highest BCUT2D eigenvalue weighted by Crippen LogP contribution is 2.26. The Hall–Kier alpha value is -3.28. The summed E-state index contributed by atoms with van der Waals surface area (Å²) in [7, 11) is 1.41. The Balaban J connectivity index is 2.13. The number of aromatic hydroxyl groups is 1. The number of phenols is 1. The number of carbonyl (C=O) groups is 2. The number of carbonyl (C=O) groups excluding carboxylic acids is 1. The van der Waals surface area contributed by atoms with Crippen molar-refractivity contribution in [1.29, 1.82) is 0 Å². The molecule has 1 atom stereocenters. The monoisotopic (exact) mass is 342 g/mol. The molecule has 0 spiro atoms. The first kappa shape index (κ1) is 18.1. The molecule has 25 heavy (non-hydrogen) atoms. The Morgan fingerprint density at radius 1 is 1.16 bits per heavy atom. The van der Waals surface area contributed by atoms with Crippen molar-refractivity contribution < 1.29 is 29.3 Å². The van der Waals surface area contributed by atoms with Gasteiger partial charge in [-0.15, -0.1) is 0 Å². The average Bonchev–Trinajstić information content (AvgIpc) is 2.60. The minimum absolute atomic E-state index is 0.0413. The van der Waals surface area contributed by atoms with Crippen LogP contribution >= 0.6 is 0 Å². The third kappa shape index (κ3) is 4.84. The van der Waals surface area contributed by atoms with E-state index in [4.69, 9.17) is 14.6 Å². The standard InChI is InChI=1S/C19H18O6/c1-12(19(22)23)25-15-5-3-4-13(10-15)6-8-16(20)14-7-9-17(21)18(11-14)24-2/h3-12,21H,1-2H3,(H,22,23)/b8-6-/t12-/m1/s1. The molecule has 0 saturated carbocycles. The average molecular weight is 342 g/mol. The molecule has 6 nitrogen and oxygen atoms in total. The van der Waals surface area contributed by atoms with Gasteiger partial charge in [0.15, 0.2) is 23.4 Å². The van der Waals surface area contributed by atoms with Crippen molar-refractivity contribution in [2.75, 3.05) is 7.11 Å². The first-order chi connectivity index (χ1) is 11.9. The van der Waals surface area contributed by atoms with E-state index in [1.165, 1.54) is 38.3 Å². The van der Waals surface area contributed by atoms with Crippen molar-refractivity contribution in [1.82, 2.24) is 0 Å². The molecule has 2 aromatic carbocycles. The van der Waals surface area contributed by atoms with Crippen molar-refractivity contribution in [3.63, 3.8) is 0 Å². The van der Waals surface area contributed by atoms with Crippen LogP contribution in [-0.2, 0) is 4.79 Å². The molecule has 2 aromatic rings. The van der Waals surface area contributed by atoms with Gasteiger partial charge in [0.05, 0.1) is 7.11 Å². The molecule has 2 rings (SSSR count). The van der Waals surface area contributed by atoms with Gasteiger partial charge in [-0.05, 0) is 48.9 Å². The lowest BCUT2D eigenvalue weighted by Crippen LogP contribution is -2.22. The zero-order valence-corrected chi connectivity index (χ0v) is 13.8. The maximum Gasteiger partial charge on any atom is 0.344 e. The van der Waals surface area contributed by atoms with Crippen LogP contribution in [0.3, 0.4) is 0 Å². The van der Waals surface area contributed by atoms with Crippen LogP contribution < -0.4 is 9.47 Å². The summed E-state index contributed by atoms with van der Waals surface area (Å²) in [6, 6.07) is 11.1. The molecule has 0 aliphatic rings. The number of carboxylic acid groups (broad SMARTS) is 1. The largest absolute Gasteiger partial charge is 0.504 e. The molecule has 0 heterocycles. The van der Waals surface area contributed by atoms with E-state index in [-0.39, 0.29) is 17.3 Å². The van der Waals surface area contributed by atoms with Gasteiger partial charge >= 0.3 is 5.97 Å². The molecule has 2 N–H and O–H groups in total. The van der Waals surface area contributed by atoms with E-state index < -0.39 is 12.1 Å². The van der Waals surface area contributed by atoms with Crippen LogP contribution in [0.25, 0.3) is 6.08 Å². The number of methoxy groups -OCH3 is 1. The number of phenolic OH excluding ortho intramolecular Hbond substituents is 1. The molecule has 0 aliphatic carbocycles. The van der Waals surface area contributed by atoms with Gasteiger partial charge in [-0.1, -0.05) is 18.2 Å². The van der Waals surface area contributed by atoms with E-state index >= 15 is 0 Å². The zero-order valence-electron chi connectivity index (χ0n) is 13.8. The van der Waals surface area contributed by atoms with Crippen molar-refractivity contribution in [2.45, 2.75) is 13.0 Å². The molecule has 0 aliphatic heterocycles. The number of hydrogen-bond donors (Lipinski definition) is 2. The van der Waals surface area contributed by atoms with Crippen LogP contribution in [0.15, 0.2) is 48.5 Å². The fraction of sp³-hybridized carbons (Fsp3) is 0.158. The predicted octanol–water partition coefficient (Wildman–Crippen LogP) is 3.15. The predicted molar refractivity (Wildman–Crippen MR) is 92.2 cm³/mol. The van der Waals surface area contributed by atoms with E-state index in [9.17, 15) is 14.7 Å². The maximum absolute atomic E-state index is 12.2. The molecule has 0 unspecified atom stereocenters. The van der Waals surface area contributed by atoms with Crippen molar-refractivity contribution >= 4 is 17.8 Å². The summed E-state index contributed by atoms with van der Waals surface area (Å²) in [5.74, 6) is -0.741. The number of carboxylic acids is 1. The topological polar surface area (TPSA) is 93.1 Å². The van der Waals surface area contributed by atoms with E-state index in [2.05, 4.69) is 0 Å². The van der Waals surface area contributed by atoms with E-state index in [1.807, 2.05) is 0 Å². The van der Waals surface area contributed by atoms with Crippen LogP contribution in [0.2, 0.25) is 0 Å². The minimum Gasteiger partial charge on any atom is -0.504 e. The molecular weight excluding hydrogens is 324 g/mol. The van der Waals surface area contributed by atoms with Crippen LogP contribution in [-0.4, -0.2) is 35.2 Å². The highest BCUT2D eigenvalue weighted by atomic mass is 16.5. The smallest absolute Gasteiger partial charge is 0.344 e.